The molecular weight excluding hydrogens is 248 g/mol. The summed E-state index contributed by atoms with van der Waals surface area (Å²) in [5.41, 5.74) is 0.240. The van der Waals surface area contributed by atoms with Crippen LogP contribution >= 0.6 is 11.6 Å². The van der Waals surface area contributed by atoms with Gasteiger partial charge in [0.25, 0.3) is 0 Å². The van der Waals surface area contributed by atoms with E-state index in [0.29, 0.717) is 0 Å². The van der Waals surface area contributed by atoms with E-state index in [1.54, 1.807) is 0 Å². The number of hydrogen-bond acceptors (Lipinski definition) is 3. The molecule has 0 fully saturated rings. The lowest BCUT2D eigenvalue weighted by atomic mass is 10.2. The zero-order chi connectivity index (χ0) is 12.2. The van der Waals surface area contributed by atoms with Crippen molar-refractivity contribution in [3.63, 3.8) is 0 Å². The molecule has 1 N–H and O–H groups in total. The van der Waals surface area contributed by atoms with Crippen LogP contribution in [0.1, 0.15) is 5.56 Å². The monoisotopic (exact) mass is 256 g/mol. The first-order valence-electron chi connectivity index (χ1n) is 4.31. The van der Waals surface area contributed by atoms with Gasteiger partial charge in [-0.3, -0.25) is 0 Å². The molecule has 0 heterocycles. The normalized spacial score (nSPS) is 10.8. The van der Waals surface area contributed by atoms with Crippen LogP contribution in [0.5, 0.6) is 0 Å². The zero-order valence-electron chi connectivity index (χ0n) is 8.27. The molecule has 0 saturated heterocycles. The van der Waals surface area contributed by atoms with Gasteiger partial charge in [0, 0.05) is 6.54 Å². The SMILES string of the molecule is C=CCNS(=O)(=O)c1ccc(C#N)c(Cl)c1. The van der Waals surface area contributed by atoms with Crippen LogP contribution < -0.4 is 4.72 Å². The molecule has 6 heteroatoms. The predicted molar refractivity (Wildman–Crippen MR) is 61.6 cm³/mol. The van der Waals surface area contributed by atoms with E-state index in [0.717, 1.165) is 0 Å². The third-order valence-corrected chi connectivity index (χ3v) is 3.52. The summed E-state index contributed by atoms with van der Waals surface area (Å²) < 4.78 is 25.6. The van der Waals surface area contributed by atoms with Crippen LogP contribution in [0.3, 0.4) is 0 Å². The number of nitriles is 1. The Morgan fingerprint density at radius 2 is 2.25 bits per heavy atom. The summed E-state index contributed by atoms with van der Waals surface area (Å²) in [4.78, 5) is 0.0263. The summed E-state index contributed by atoms with van der Waals surface area (Å²) in [6.07, 6.45) is 1.43. The van der Waals surface area contributed by atoms with E-state index >= 15 is 0 Å². The van der Waals surface area contributed by atoms with Crippen LogP contribution in [0, 0.1) is 11.3 Å². The maximum atomic E-state index is 11.6. The van der Waals surface area contributed by atoms with E-state index in [2.05, 4.69) is 11.3 Å². The Kier molecular flexibility index (Phi) is 4.07. The summed E-state index contributed by atoms with van der Waals surface area (Å²) in [6, 6.07) is 5.79. The van der Waals surface area contributed by atoms with Gasteiger partial charge in [-0.25, -0.2) is 13.1 Å². The Bertz CT molecular complexity index is 546. The van der Waals surface area contributed by atoms with Crippen molar-refractivity contribution in [1.29, 1.82) is 5.26 Å². The fourth-order valence-corrected chi connectivity index (χ4v) is 2.32. The number of rotatable bonds is 4. The summed E-state index contributed by atoms with van der Waals surface area (Å²) >= 11 is 5.73. The first kappa shape index (κ1) is 12.7. The molecule has 0 spiro atoms. The fraction of sp³-hybridized carbons (Fsp3) is 0.100. The standard InChI is InChI=1S/C10H9ClN2O2S/c1-2-5-13-16(14,15)9-4-3-8(7-12)10(11)6-9/h2-4,6,13H,1,5H2. The molecule has 0 aromatic heterocycles. The summed E-state index contributed by atoms with van der Waals surface area (Å²) in [5.74, 6) is 0. The molecule has 1 aromatic carbocycles. The van der Waals surface area contributed by atoms with Crippen molar-refractivity contribution in [2.45, 2.75) is 4.90 Å². The average molecular weight is 257 g/mol. The van der Waals surface area contributed by atoms with Gasteiger partial charge in [0.2, 0.25) is 10.0 Å². The molecule has 0 radical (unpaired) electrons. The molecule has 0 aliphatic rings. The quantitative estimate of drug-likeness (QED) is 0.833. The van der Waals surface area contributed by atoms with E-state index in [-0.39, 0.29) is 22.0 Å². The largest absolute Gasteiger partial charge is 0.240 e. The highest BCUT2D eigenvalue weighted by Crippen LogP contribution is 2.19. The van der Waals surface area contributed by atoms with Crippen LogP contribution in [-0.4, -0.2) is 15.0 Å². The average Bonchev–Trinajstić information content (AvgIpc) is 2.26. The van der Waals surface area contributed by atoms with Gasteiger partial charge in [-0.05, 0) is 18.2 Å². The van der Waals surface area contributed by atoms with E-state index < -0.39 is 10.0 Å². The third-order valence-electron chi connectivity index (χ3n) is 1.79. The van der Waals surface area contributed by atoms with Gasteiger partial charge >= 0.3 is 0 Å². The highest BCUT2D eigenvalue weighted by atomic mass is 35.5. The van der Waals surface area contributed by atoms with E-state index in [1.807, 2.05) is 6.07 Å². The van der Waals surface area contributed by atoms with Gasteiger partial charge < -0.3 is 0 Å². The van der Waals surface area contributed by atoms with Crippen molar-refractivity contribution < 1.29 is 8.42 Å². The van der Waals surface area contributed by atoms with Crippen molar-refractivity contribution >= 4 is 21.6 Å². The third kappa shape index (κ3) is 2.83. The molecule has 1 aromatic rings. The topological polar surface area (TPSA) is 70.0 Å². The maximum Gasteiger partial charge on any atom is 0.240 e. The Morgan fingerprint density at radius 3 is 2.75 bits per heavy atom. The van der Waals surface area contributed by atoms with Crippen LogP contribution in [0.2, 0.25) is 5.02 Å². The summed E-state index contributed by atoms with van der Waals surface area (Å²) in [7, 11) is -3.59. The van der Waals surface area contributed by atoms with Crippen molar-refractivity contribution in [3.8, 4) is 6.07 Å². The number of nitrogens with one attached hydrogen (secondary N) is 1. The molecule has 0 saturated carbocycles. The second-order valence-corrected chi connectivity index (χ2v) is 5.07. The van der Waals surface area contributed by atoms with Gasteiger partial charge in [-0.15, -0.1) is 6.58 Å². The minimum Gasteiger partial charge on any atom is -0.207 e. The fourth-order valence-electron chi connectivity index (χ4n) is 1.01. The van der Waals surface area contributed by atoms with E-state index in [1.165, 1.54) is 24.3 Å². The molecule has 4 nitrogen and oxygen atoms in total. The van der Waals surface area contributed by atoms with Gasteiger partial charge in [-0.1, -0.05) is 17.7 Å². The molecule has 84 valence electrons. The maximum absolute atomic E-state index is 11.6. The number of benzene rings is 1. The number of hydrogen-bond donors (Lipinski definition) is 1. The van der Waals surface area contributed by atoms with Crippen molar-refractivity contribution in [2.75, 3.05) is 6.54 Å². The van der Waals surface area contributed by atoms with Crippen LogP contribution in [-0.2, 0) is 10.0 Å². The minimum absolute atomic E-state index is 0.0263. The zero-order valence-corrected chi connectivity index (χ0v) is 9.85. The minimum atomic E-state index is -3.59. The lowest BCUT2D eigenvalue weighted by molar-refractivity contribution is 0.585. The van der Waals surface area contributed by atoms with Crippen molar-refractivity contribution in [1.82, 2.24) is 4.72 Å². The molecule has 0 unspecified atom stereocenters. The molecule has 0 amide bonds. The first-order valence-corrected chi connectivity index (χ1v) is 6.17. The molecule has 0 aliphatic heterocycles. The number of halogens is 1. The van der Waals surface area contributed by atoms with Crippen LogP contribution in [0.25, 0.3) is 0 Å². The van der Waals surface area contributed by atoms with Crippen LogP contribution in [0.4, 0.5) is 0 Å². The van der Waals surface area contributed by atoms with E-state index in [9.17, 15) is 8.42 Å². The van der Waals surface area contributed by atoms with Crippen LogP contribution in [0.15, 0.2) is 35.7 Å². The molecular formula is C10H9ClN2O2S. The van der Waals surface area contributed by atoms with Crippen molar-refractivity contribution in [2.24, 2.45) is 0 Å². The lowest BCUT2D eigenvalue weighted by Crippen LogP contribution is -2.23. The molecule has 16 heavy (non-hydrogen) atoms. The Labute approximate surface area is 99.2 Å². The lowest BCUT2D eigenvalue weighted by Gasteiger charge is -2.05. The highest BCUT2D eigenvalue weighted by molar-refractivity contribution is 7.89. The second kappa shape index (κ2) is 5.12. The Morgan fingerprint density at radius 1 is 1.56 bits per heavy atom. The summed E-state index contributed by atoms with van der Waals surface area (Å²) in [5, 5.41) is 8.76. The van der Waals surface area contributed by atoms with Gasteiger partial charge in [0.15, 0.2) is 0 Å². The van der Waals surface area contributed by atoms with Crippen molar-refractivity contribution in [3.05, 3.63) is 41.4 Å². The molecule has 1 rings (SSSR count). The smallest absolute Gasteiger partial charge is 0.207 e. The van der Waals surface area contributed by atoms with Gasteiger partial charge in [0.05, 0.1) is 15.5 Å². The Balaban J connectivity index is 3.11. The highest BCUT2D eigenvalue weighted by Gasteiger charge is 2.14. The molecule has 0 bridgehead atoms. The number of sulfonamides is 1. The van der Waals surface area contributed by atoms with E-state index in [4.69, 9.17) is 16.9 Å². The number of nitrogens with zero attached hydrogens (tertiary/aromatic N) is 1. The predicted octanol–water partition coefficient (Wildman–Crippen LogP) is 1.68. The summed E-state index contributed by atoms with van der Waals surface area (Å²) in [6.45, 7) is 3.55. The van der Waals surface area contributed by atoms with Gasteiger partial charge in [-0.2, -0.15) is 5.26 Å². The Hall–Kier alpha value is -1.35. The molecule has 0 aliphatic carbocycles. The first-order chi connectivity index (χ1) is 7.51. The second-order valence-electron chi connectivity index (χ2n) is 2.89. The molecule has 0 atom stereocenters. The van der Waals surface area contributed by atoms with Gasteiger partial charge in [0.1, 0.15) is 6.07 Å².